The molecule has 2 fully saturated rings. The highest BCUT2D eigenvalue weighted by molar-refractivity contribution is 7.91. The molecular weight excluding hydrogens is 372 g/mol. The monoisotopic (exact) mass is 398 g/mol. The van der Waals surface area contributed by atoms with Gasteiger partial charge in [-0.3, -0.25) is 9.69 Å². The van der Waals surface area contributed by atoms with Crippen molar-refractivity contribution in [3.05, 3.63) is 66.2 Å². The molecule has 0 N–H and O–H groups in total. The second-order valence-corrected chi connectivity index (χ2v) is 9.92. The van der Waals surface area contributed by atoms with E-state index in [4.69, 9.17) is 0 Å². The van der Waals surface area contributed by atoms with Crippen LogP contribution >= 0.6 is 0 Å². The van der Waals surface area contributed by atoms with E-state index in [1.54, 1.807) is 4.90 Å². The van der Waals surface area contributed by atoms with Gasteiger partial charge in [0.2, 0.25) is 5.91 Å². The molecule has 1 amide bonds. The van der Waals surface area contributed by atoms with Crippen molar-refractivity contribution < 1.29 is 13.2 Å². The smallest absolute Gasteiger partial charge is 0.241 e. The average molecular weight is 399 g/mol. The van der Waals surface area contributed by atoms with Crippen molar-refractivity contribution >= 4 is 21.4 Å². The van der Waals surface area contributed by atoms with Crippen LogP contribution in [0.15, 0.2) is 60.7 Å². The van der Waals surface area contributed by atoms with Crippen LogP contribution in [-0.4, -0.2) is 49.9 Å². The number of hydrogen-bond donors (Lipinski definition) is 0. The lowest BCUT2D eigenvalue weighted by Gasteiger charge is -2.32. The van der Waals surface area contributed by atoms with Crippen molar-refractivity contribution in [1.29, 1.82) is 0 Å². The van der Waals surface area contributed by atoms with E-state index in [-0.39, 0.29) is 29.5 Å². The minimum Gasteiger partial charge on any atom is -0.307 e. The molecule has 0 bridgehead atoms. The van der Waals surface area contributed by atoms with Gasteiger partial charge in [-0.25, -0.2) is 8.42 Å². The van der Waals surface area contributed by atoms with Crippen LogP contribution in [0.1, 0.15) is 30.9 Å². The van der Waals surface area contributed by atoms with Crippen molar-refractivity contribution in [2.24, 2.45) is 0 Å². The Kier molecular flexibility index (Phi) is 5.51. The molecule has 0 unspecified atom stereocenters. The number of sulfone groups is 1. The molecule has 0 saturated carbocycles. The third-order valence-corrected chi connectivity index (χ3v) is 7.51. The summed E-state index contributed by atoms with van der Waals surface area (Å²) < 4.78 is 24.1. The molecule has 2 aromatic rings. The molecule has 28 heavy (non-hydrogen) atoms. The number of hydrogen-bond acceptors (Lipinski definition) is 4. The molecular formula is C22H26N2O3S. The van der Waals surface area contributed by atoms with Gasteiger partial charge in [0.05, 0.1) is 24.1 Å². The summed E-state index contributed by atoms with van der Waals surface area (Å²) in [5, 5.41) is 0. The first-order valence-corrected chi connectivity index (χ1v) is 11.7. The standard InChI is InChI=1S/C22H26N2O3S/c25-22(16-23-14-7-12-21(23)18-8-3-1-4-9-18)24(19-10-5-2-6-11-19)20-13-15-28(26,27)17-20/h1-6,8-11,20-21H,7,12-17H2/t20-,21+/m0/s1. The molecule has 6 heteroatoms. The number of para-hydroxylation sites is 1. The first-order valence-electron chi connectivity index (χ1n) is 9.90. The molecule has 2 atom stereocenters. The summed E-state index contributed by atoms with van der Waals surface area (Å²) in [6.45, 7) is 1.20. The van der Waals surface area contributed by atoms with Crippen molar-refractivity contribution in [2.75, 3.05) is 29.5 Å². The first-order chi connectivity index (χ1) is 13.5. The maximum Gasteiger partial charge on any atom is 0.241 e. The van der Waals surface area contributed by atoms with E-state index in [2.05, 4.69) is 17.0 Å². The van der Waals surface area contributed by atoms with E-state index < -0.39 is 9.84 Å². The van der Waals surface area contributed by atoms with Gasteiger partial charge in [0.15, 0.2) is 9.84 Å². The lowest BCUT2D eigenvalue weighted by molar-refractivity contribution is -0.120. The number of rotatable bonds is 5. The number of nitrogens with zero attached hydrogens (tertiary/aromatic N) is 2. The van der Waals surface area contributed by atoms with E-state index in [0.29, 0.717) is 13.0 Å². The van der Waals surface area contributed by atoms with Gasteiger partial charge in [0, 0.05) is 11.7 Å². The molecule has 0 radical (unpaired) electrons. The van der Waals surface area contributed by atoms with Gasteiger partial charge in [-0.15, -0.1) is 0 Å². The van der Waals surface area contributed by atoms with Gasteiger partial charge >= 0.3 is 0 Å². The highest BCUT2D eigenvalue weighted by Crippen LogP contribution is 2.32. The highest BCUT2D eigenvalue weighted by Gasteiger charge is 2.37. The molecule has 0 aliphatic carbocycles. The second kappa shape index (κ2) is 8.05. The van der Waals surface area contributed by atoms with Crippen LogP contribution in [0.4, 0.5) is 5.69 Å². The Morgan fingerprint density at radius 3 is 2.32 bits per heavy atom. The number of benzene rings is 2. The fourth-order valence-electron chi connectivity index (χ4n) is 4.44. The fraction of sp³-hybridized carbons (Fsp3) is 0.409. The topological polar surface area (TPSA) is 57.7 Å². The van der Waals surface area contributed by atoms with Crippen molar-refractivity contribution in [3.63, 3.8) is 0 Å². The third-order valence-electron chi connectivity index (χ3n) is 5.76. The Hall–Kier alpha value is -2.18. The zero-order valence-corrected chi connectivity index (χ0v) is 16.7. The van der Waals surface area contributed by atoms with Crippen LogP contribution in [0.25, 0.3) is 0 Å². The molecule has 5 nitrogen and oxygen atoms in total. The molecule has 4 rings (SSSR count). The largest absolute Gasteiger partial charge is 0.307 e. The Morgan fingerprint density at radius 2 is 1.68 bits per heavy atom. The molecule has 2 aliphatic rings. The Morgan fingerprint density at radius 1 is 1.00 bits per heavy atom. The molecule has 2 heterocycles. The number of anilines is 1. The molecule has 0 aromatic heterocycles. The lowest BCUT2D eigenvalue weighted by atomic mass is 10.0. The predicted molar refractivity (Wildman–Crippen MR) is 111 cm³/mol. The van der Waals surface area contributed by atoms with Crippen LogP contribution in [-0.2, 0) is 14.6 Å². The number of carbonyl (C=O) groups is 1. The zero-order chi connectivity index (χ0) is 19.6. The zero-order valence-electron chi connectivity index (χ0n) is 15.9. The van der Waals surface area contributed by atoms with E-state index in [1.165, 1.54) is 5.56 Å². The fourth-order valence-corrected chi connectivity index (χ4v) is 6.14. The Balaban J connectivity index is 1.56. The first kappa shape index (κ1) is 19.2. The number of carbonyl (C=O) groups excluding carboxylic acids is 1. The van der Waals surface area contributed by atoms with Crippen molar-refractivity contribution in [1.82, 2.24) is 4.90 Å². The summed E-state index contributed by atoms with van der Waals surface area (Å²) >= 11 is 0. The number of amides is 1. The predicted octanol–water partition coefficient (Wildman–Crippen LogP) is 3.04. The van der Waals surface area contributed by atoms with Crippen LogP contribution in [0, 0.1) is 0 Å². The Labute approximate surface area is 166 Å². The van der Waals surface area contributed by atoms with Gasteiger partial charge in [0.25, 0.3) is 0 Å². The van der Waals surface area contributed by atoms with Crippen LogP contribution in [0.2, 0.25) is 0 Å². The minimum atomic E-state index is -3.07. The SMILES string of the molecule is O=C(CN1CCC[C@@H]1c1ccccc1)N(c1ccccc1)[C@H]1CCS(=O)(=O)C1. The lowest BCUT2D eigenvalue weighted by Crippen LogP contribution is -2.46. The van der Waals surface area contributed by atoms with Crippen LogP contribution < -0.4 is 4.90 Å². The van der Waals surface area contributed by atoms with Gasteiger partial charge in [-0.1, -0.05) is 48.5 Å². The maximum atomic E-state index is 13.4. The quantitative estimate of drug-likeness (QED) is 0.777. The average Bonchev–Trinajstić information content (AvgIpc) is 3.29. The van der Waals surface area contributed by atoms with E-state index in [9.17, 15) is 13.2 Å². The van der Waals surface area contributed by atoms with Gasteiger partial charge < -0.3 is 4.90 Å². The van der Waals surface area contributed by atoms with Gasteiger partial charge in [-0.05, 0) is 43.5 Å². The molecule has 0 spiro atoms. The molecule has 2 aliphatic heterocycles. The summed E-state index contributed by atoms with van der Waals surface area (Å²) in [6, 6.07) is 19.7. The summed E-state index contributed by atoms with van der Waals surface area (Å²) in [7, 11) is -3.07. The molecule has 2 aromatic carbocycles. The minimum absolute atomic E-state index is 0.0175. The van der Waals surface area contributed by atoms with E-state index in [0.717, 1.165) is 25.1 Å². The Bertz CT molecular complexity index is 915. The third kappa shape index (κ3) is 4.13. The van der Waals surface area contributed by atoms with Gasteiger partial charge in [0.1, 0.15) is 0 Å². The summed E-state index contributed by atoms with van der Waals surface area (Å²) in [4.78, 5) is 17.3. The molecule has 2 saturated heterocycles. The normalized spacial score (nSPS) is 24.3. The number of likely N-dealkylation sites (tertiary alicyclic amines) is 1. The van der Waals surface area contributed by atoms with Gasteiger partial charge in [-0.2, -0.15) is 0 Å². The van der Waals surface area contributed by atoms with E-state index in [1.807, 2.05) is 48.5 Å². The van der Waals surface area contributed by atoms with Crippen LogP contribution in [0.5, 0.6) is 0 Å². The summed E-state index contributed by atoms with van der Waals surface area (Å²) in [5.41, 5.74) is 2.02. The molecule has 148 valence electrons. The highest BCUT2D eigenvalue weighted by atomic mass is 32.2. The van der Waals surface area contributed by atoms with E-state index >= 15 is 0 Å². The summed E-state index contributed by atoms with van der Waals surface area (Å²) in [5.74, 6) is 0.191. The van der Waals surface area contributed by atoms with Crippen molar-refractivity contribution in [3.8, 4) is 0 Å². The maximum absolute atomic E-state index is 13.4. The summed E-state index contributed by atoms with van der Waals surface area (Å²) in [6.07, 6.45) is 2.61. The van der Waals surface area contributed by atoms with Crippen LogP contribution in [0.3, 0.4) is 0 Å². The second-order valence-electron chi connectivity index (χ2n) is 7.70. The van der Waals surface area contributed by atoms with Crippen molar-refractivity contribution in [2.45, 2.75) is 31.3 Å².